The molecule has 0 aliphatic carbocycles. The van der Waals surface area contributed by atoms with Gasteiger partial charge in [-0.2, -0.15) is 13.2 Å². The molecule has 0 aromatic carbocycles. The van der Waals surface area contributed by atoms with E-state index in [9.17, 15) is 13.2 Å². The van der Waals surface area contributed by atoms with E-state index in [0.717, 1.165) is 0 Å². The van der Waals surface area contributed by atoms with Crippen LogP contribution in [-0.2, 0) is 6.42 Å². The fraction of sp³-hybridized carbons (Fsp3) is 0.667. The van der Waals surface area contributed by atoms with E-state index in [0.29, 0.717) is 10.6 Å². The minimum atomic E-state index is -4.09. The zero-order valence-electron chi connectivity index (χ0n) is 6.53. The number of aryl methyl sites for hydroxylation is 1. The Labute approximate surface area is 80.9 Å². The molecule has 1 aromatic rings. The van der Waals surface area contributed by atoms with Gasteiger partial charge in [0.25, 0.3) is 0 Å². The molecule has 1 aromatic heterocycles. The molecule has 0 saturated heterocycles. The molecule has 0 aliphatic rings. The first-order valence-corrected chi connectivity index (χ1v) is 4.40. The maximum atomic E-state index is 11.7. The number of H-pyrrole nitrogens is 1. The van der Waals surface area contributed by atoms with Crippen LogP contribution in [0.2, 0.25) is 0 Å². The zero-order valence-corrected chi connectivity index (χ0v) is 8.11. The molecule has 13 heavy (non-hydrogen) atoms. The number of nitrogens with one attached hydrogen (secondary N) is 1. The Bertz CT molecular complexity index is 270. The van der Waals surface area contributed by atoms with Gasteiger partial charge in [0.15, 0.2) is 0 Å². The van der Waals surface area contributed by atoms with Gasteiger partial charge in [-0.3, -0.25) is 5.10 Å². The highest BCUT2D eigenvalue weighted by Gasteiger charge is 2.26. The van der Waals surface area contributed by atoms with Crippen LogP contribution in [0.3, 0.4) is 0 Å². The number of hydrogen-bond acceptors (Lipinski definition) is 2. The second kappa shape index (κ2) is 4.08. The number of aromatic nitrogens is 3. The van der Waals surface area contributed by atoms with Gasteiger partial charge in [0.2, 0.25) is 4.73 Å². The Hall–Kier alpha value is -0.590. The highest BCUT2D eigenvalue weighted by atomic mass is 79.9. The van der Waals surface area contributed by atoms with Crippen molar-refractivity contribution in [2.24, 2.45) is 0 Å². The van der Waals surface area contributed by atoms with Crippen LogP contribution >= 0.6 is 15.9 Å². The van der Waals surface area contributed by atoms with E-state index < -0.39 is 12.6 Å². The molecule has 0 fully saturated rings. The summed E-state index contributed by atoms with van der Waals surface area (Å²) in [5, 5.41) is 6.15. The van der Waals surface area contributed by atoms with Crippen LogP contribution in [0.1, 0.15) is 18.7 Å². The predicted molar refractivity (Wildman–Crippen MR) is 43.1 cm³/mol. The molecule has 1 rings (SSSR count). The lowest BCUT2D eigenvalue weighted by molar-refractivity contribution is -0.135. The molecule has 3 nitrogen and oxygen atoms in total. The molecule has 0 radical (unpaired) electrons. The normalized spacial score (nSPS) is 12.0. The van der Waals surface area contributed by atoms with Crippen molar-refractivity contribution in [1.29, 1.82) is 0 Å². The molecular formula is C6H7BrF3N3. The standard InChI is InChI=1S/C6H7BrF3N3/c7-5-11-4(12-13-5)2-1-3-6(8,9)10/h1-3H2,(H,11,12,13). The van der Waals surface area contributed by atoms with Crippen molar-refractivity contribution >= 4 is 15.9 Å². The highest BCUT2D eigenvalue weighted by molar-refractivity contribution is 9.10. The Balaban J connectivity index is 2.28. The maximum absolute atomic E-state index is 11.7. The van der Waals surface area contributed by atoms with Crippen LogP contribution in [0, 0.1) is 0 Å². The highest BCUT2D eigenvalue weighted by Crippen LogP contribution is 2.22. The minimum absolute atomic E-state index is 0.0329. The number of hydrogen-bond donors (Lipinski definition) is 1. The van der Waals surface area contributed by atoms with Gasteiger partial charge in [0.05, 0.1) is 0 Å². The molecule has 0 spiro atoms. The van der Waals surface area contributed by atoms with E-state index in [1.54, 1.807) is 0 Å². The summed E-state index contributed by atoms with van der Waals surface area (Å²) in [5.74, 6) is 0.469. The summed E-state index contributed by atoms with van der Waals surface area (Å²) in [6.45, 7) is 0. The number of nitrogens with zero attached hydrogens (tertiary/aromatic N) is 2. The third-order valence-electron chi connectivity index (χ3n) is 1.38. The van der Waals surface area contributed by atoms with Crippen molar-refractivity contribution in [2.75, 3.05) is 0 Å². The van der Waals surface area contributed by atoms with Crippen molar-refractivity contribution in [2.45, 2.75) is 25.4 Å². The fourth-order valence-electron chi connectivity index (χ4n) is 0.840. The van der Waals surface area contributed by atoms with Gasteiger partial charge >= 0.3 is 6.18 Å². The van der Waals surface area contributed by atoms with Gasteiger partial charge < -0.3 is 0 Å². The van der Waals surface area contributed by atoms with Crippen molar-refractivity contribution in [3.8, 4) is 0 Å². The third kappa shape index (κ3) is 4.25. The van der Waals surface area contributed by atoms with E-state index in [-0.39, 0.29) is 12.8 Å². The first-order valence-electron chi connectivity index (χ1n) is 3.61. The first kappa shape index (κ1) is 10.5. The molecule has 1 N–H and O–H groups in total. The molecule has 7 heteroatoms. The first-order chi connectivity index (χ1) is 5.97. The van der Waals surface area contributed by atoms with Crippen LogP contribution in [0.5, 0.6) is 0 Å². The summed E-state index contributed by atoms with van der Waals surface area (Å²) in [5.41, 5.74) is 0. The molecule has 1 heterocycles. The molecule has 0 saturated carbocycles. The van der Waals surface area contributed by atoms with Crippen LogP contribution in [0.25, 0.3) is 0 Å². The second-order valence-electron chi connectivity index (χ2n) is 2.52. The maximum Gasteiger partial charge on any atom is 0.389 e. The topological polar surface area (TPSA) is 41.6 Å². The fourth-order valence-corrected chi connectivity index (χ4v) is 1.14. The van der Waals surface area contributed by atoms with E-state index in [2.05, 4.69) is 31.1 Å². The summed E-state index contributed by atoms with van der Waals surface area (Å²) in [7, 11) is 0. The largest absolute Gasteiger partial charge is 0.389 e. The Morgan fingerprint density at radius 3 is 2.54 bits per heavy atom. The average molecular weight is 258 g/mol. The smallest absolute Gasteiger partial charge is 0.262 e. The Morgan fingerprint density at radius 1 is 1.38 bits per heavy atom. The minimum Gasteiger partial charge on any atom is -0.262 e. The van der Waals surface area contributed by atoms with Crippen molar-refractivity contribution in [1.82, 2.24) is 15.2 Å². The van der Waals surface area contributed by atoms with Crippen LogP contribution in [0.15, 0.2) is 4.73 Å². The number of halogens is 4. The average Bonchev–Trinajstić information content (AvgIpc) is 2.33. The summed E-state index contributed by atoms with van der Waals surface area (Å²) >= 11 is 2.99. The summed E-state index contributed by atoms with van der Waals surface area (Å²) in [6.07, 6.45) is -4.58. The lowest BCUT2D eigenvalue weighted by atomic mass is 10.2. The Morgan fingerprint density at radius 2 is 2.08 bits per heavy atom. The predicted octanol–water partition coefficient (Wildman–Crippen LogP) is 2.45. The second-order valence-corrected chi connectivity index (χ2v) is 3.23. The van der Waals surface area contributed by atoms with E-state index in [1.807, 2.05) is 0 Å². The zero-order chi connectivity index (χ0) is 9.90. The van der Waals surface area contributed by atoms with E-state index in [1.165, 1.54) is 0 Å². The molecule has 74 valence electrons. The lowest BCUT2D eigenvalue weighted by Crippen LogP contribution is -2.07. The van der Waals surface area contributed by atoms with Crippen LogP contribution in [-0.4, -0.2) is 21.4 Å². The molecule has 0 amide bonds. The molecule has 0 bridgehead atoms. The SMILES string of the molecule is FC(F)(F)CCCc1nc(Br)n[nH]1. The molecule has 0 unspecified atom stereocenters. The van der Waals surface area contributed by atoms with Gasteiger partial charge in [-0.05, 0) is 22.4 Å². The lowest BCUT2D eigenvalue weighted by Gasteiger charge is -2.03. The van der Waals surface area contributed by atoms with Crippen LogP contribution in [0.4, 0.5) is 13.2 Å². The van der Waals surface area contributed by atoms with Gasteiger partial charge in [-0.15, -0.1) is 5.10 Å². The third-order valence-corrected chi connectivity index (χ3v) is 1.73. The molecule has 0 aliphatic heterocycles. The van der Waals surface area contributed by atoms with Crippen molar-refractivity contribution < 1.29 is 13.2 Å². The summed E-state index contributed by atoms with van der Waals surface area (Å²) in [6, 6.07) is 0. The van der Waals surface area contributed by atoms with Crippen LogP contribution < -0.4 is 0 Å². The quantitative estimate of drug-likeness (QED) is 0.904. The summed E-state index contributed by atoms with van der Waals surface area (Å²) in [4.78, 5) is 3.81. The van der Waals surface area contributed by atoms with Gasteiger partial charge in [-0.1, -0.05) is 0 Å². The number of alkyl halides is 3. The van der Waals surface area contributed by atoms with Crippen molar-refractivity contribution in [3.05, 3.63) is 10.6 Å². The van der Waals surface area contributed by atoms with Gasteiger partial charge in [0, 0.05) is 12.8 Å². The molecular weight excluding hydrogens is 251 g/mol. The van der Waals surface area contributed by atoms with Gasteiger partial charge in [-0.25, -0.2) is 4.98 Å². The number of aromatic amines is 1. The molecule has 0 atom stereocenters. The number of rotatable bonds is 3. The summed E-state index contributed by atoms with van der Waals surface area (Å²) < 4.78 is 35.5. The Kier molecular flexibility index (Phi) is 3.29. The van der Waals surface area contributed by atoms with Gasteiger partial charge in [0.1, 0.15) is 5.82 Å². The monoisotopic (exact) mass is 257 g/mol. The van der Waals surface area contributed by atoms with Crippen molar-refractivity contribution in [3.63, 3.8) is 0 Å². The van der Waals surface area contributed by atoms with E-state index >= 15 is 0 Å². The van der Waals surface area contributed by atoms with E-state index in [4.69, 9.17) is 0 Å².